The minimum atomic E-state index is -0.195. The van der Waals surface area contributed by atoms with Gasteiger partial charge in [0.1, 0.15) is 0 Å². The standard InChI is InChI=1S/C10H17NO/c1-6-7-9(12)11-8(2)10(3,4)5/h8H,1-5H3,(H,11,12). The minimum Gasteiger partial charge on any atom is -0.342 e. The van der Waals surface area contributed by atoms with Gasteiger partial charge in [-0.2, -0.15) is 0 Å². The first-order valence-corrected chi connectivity index (χ1v) is 4.11. The summed E-state index contributed by atoms with van der Waals surface area (Å²) in [5.41, 5.74) is 0.0884. The number of carbonyl (C=O) groups excluding carboxylic acids is 1. The SMILES string of the molecule is CC#CC(=O)NC(C)C(C)(C)C. The lowest BCUT2D eigenvalue weighted by atomic mass is 9.88. The third-order valence-corrected chi connectivity index (χ3v) is 1.89. The molecule has 0 aliphatic carbocycles. The number of nitrogens with one attached hydrogen (secondary N) is 1. The van der Waals surface area contributed by atoms with Crippen molar-refractivity contribution < 1.29 is 4.79 Å². The van der Waals surface area contributed by atoms with Gasteiger partial charge in [-0.1, -0.05) is 26.7 Å². The fraction of sp³-hybridized carbons (Fsp3) is 0.700. The lowest BCUT2D eigenvalue weighted by Crippen LogP contribution is -2.40. The molecule has 0 aromatic heterocycles. The fourth-order valence-corrected chi connectivity index (χ4v) is 0.563. The van der Waals surface area contributed by atoms with Crippen LogP contribution in [0, 0.1) is 17.3 Å². The normalized spacial score (nSPS) is 12.8. The van der Waals surface area contributed by atoms with Crippen molar-refractivity contribution >= 4 is 5.91 Å². The van der Waals surface area contributed by atoms with Crippen LogP contribution in [0.4, 0.5) is 0 Å². The summed E-state index contributed by atoms with van der Waals surface area (Å²) < 4.78 is 0. The molecule has 68 valence electrons. The van der Waals surface area contributed by atoms with Gasteiger partial charge in [0, 0.05) is 6.04 Å². The lowest BCUT2D eigenvalue weighted by Gasteiger charge is -2.27. The zero-order valence-electron chi connectivity index (χ0n) is 8.49. The van der Waals surface area contributed by atoms with Crippen LogP contribution in [-0.2, 0) is 4.79 Å². The summed E-state index contributed by atoms with van der Waals surface area (Å²) in [5.74, 6) is 4.82. The maximum atomic E-state index is 11.0. The molecule has 12 heavy (non-hydrogen) atoms. The second-order valence-electron chi connectivity index (χ2n) is 3.94. The van der Waals surface area contributed by atoms with Gasteiger partial charge in [0.15, 0.2) is 0 Å². The van der Waals surface area contributed by atoms with E-state index >= 15 is 0 Å². The maximum absolute atomic E-state index is 11.0. The van der Waals surface area contributed by atoms with Crippen molar-refractivity contribution in [3.05, 3.63) is 0 Å². The number of amides is 1. The average Bonchev–Trinajstić information content (AvgIpc) is 1.85. The van der Waals surface area contributed by atoms with Gasteiger partial charge >= 0.3 is 0 Å². The highest BCUT2D eigenvalue weighted by Gasteiger charge is 2.20. The van der Waals surface area contributed by atoms with Crippen LogP contribution >= 0.6 is 0 Å². The molecule has 0 aliphatic rings. The average molecular weight is 167 g/mol. The van der Waals surface area contributed by atoms with Crippen LogP contribution in [-0.4, -0.2) is 11.9 Å². The van der Waals surface area contributed by atoms with Crippen LogP contribution in [0.5, 0.6) is 0 Å². The molecule has 0 saturated carbocycles. The van der Waals surface area contributed by atoms with Crippen LogP contribution < -0.4 is 5.32 Å². The zero-order valence-corrected chi connectivity index (χ0v) is 8.49. The predicted molar refractivity (Wildman–Crippen MR) is 50.5 cm³/mol. The van der Waals surface area contributed by atoms with E-state index in [0.29, 0.717) is 0 Å². The van der Waals surface area contributed by atoms with Crippen LogP contribution in [0.25, 0.3) is 0 Å². The van der Waals surface area contributed by atoms with E-state index in [2.05, 4.69) is 37.9 Å². The maximum Gasteiger partial charge on any atom is 0.296 e. The first-order chi connectivity index (χ1) is 5.38. The Kier molecular flexibility index (Phi) is 3.82. The Morgan fingerprint density at radius 1 is 1.42 bits per heavy atom. The summed E-state index contributed by atoms with van der Waals surface area (Å²) in [5, 5.41) is 2.81. The Morgan fingerprint density at radius 2 is 1.92 bits per heavy atom. The van der Waals surface area contributed by atoms with Crippen molar-refractivity contribution in [1.82, 2.24) is 5.32 Å². The molecule has 1 unspecified atom stereocenters. The molecule has 2 heteroatoms. The summed E-state index contributed by atoms with van der Waals surface area (Å²) in [6, 6.07) is 0.144. The first kappa shape index (κ1) is 11.0. The molecule has 0 fully saturated rings. The van der Waals surface area contributed by atoms with Crippen LogP contribution in [0.3, 0.4) is 0 Å². The molecule has 0 radical (unpaired) electrons. The highest BCUT2D eigenvalue weighted by atomic mass is 16.1. The van der Waals surface area contributed by atoms with E-state index in [1.54, 1.807) is 6.92 Å². The number of hydrogen-bond acceptors (Lipinski definition) is 1. The largest absolute Gasteiger partial charge is 0.342 e. The van der Waals surface area contributed by atoms with Gasteiger partial charge in [0.2, 0.25) is 0 Å². The van der Waals surface area contributed by atoms with Crippen molar-refractivity contribution in [1.29, 1.82) is 0 Å². The molecule has 1 atom stereocenters. The molecule has 0 aromatic carbocycles. The lowest BCUT2D eigenvalue weighted by molar-refractivity contribution is -0.116. The summed E-state index contributed by atoms with van der Waals surface area (Å²) >= 11 is 0. The van der Waals surface area contributed by atoms with E-state index < -0.39 is 0 Å². The molecule has 0 bridgehead atoms. The van der Waals surface area contributed by atoms with Gasteiger partial charge in [-0.25, -0.2) is 0 Å². The van der Waals surface area contributed by atoms with E-state index in [1.807, 2.05) is 6.92 Å². The number of carbonyl (C=O) groups is 1. The molecule has 0 rings (SSSR count). The Morgan fingerprint density at radius 3 is 2.25 bits per heavy atom. The summed E-state index contributed by atoms with van der Waals surface area (Å²) in [7, 11) is 0. The van der Waals surface area contributed by atoms with Gasteiger partial charge in [-0.3, -0.25) is 4.79 Å². The Balaban J connectivity index is 4.07. The molecular formula is C10H17NO. The molecule has 0 spiro atoms. The van der Waals surface area contributed by atoms with Gasteiger partial charge in [0.05, 0.1) is 0 Å². The summed E-state index contributed by atoms with van der Waals surface area (Å²) in [6.07, 6.45) is 0. The third kappa shape index (κ3) is 4.02. The first-order valence-electron chi connectivity index (χ1n) is 4.11. The van der Waals surface area contributed by atoms with Crippen LogP contribution in [0.15, 0.2) is 0 Å². The van der Waals surface area contributed by atoms with E-state index in [4.69, 9.17) is 0 Å². The summed E-state index contributed by atoms with van der Waals surface area (Å²) in [4.78, 5) is 11.0. The highest BCUT2D eigenvalue weighted by molar-refractivity contribution is 5.93. The molecule has 0 saturated heterocycles. The zero-order chi connectivity index (χ0) is 9.78. The second-order valence-corrected chi connectivity index (χ2v) is 3.94. The van der Waals surface area contributed by atoms with E-state index in [1.165, 1.54) is 0 Å². The van der Waals surface area contributed by atoms with Gasteiger partial charge in [0.25, 0.3) is 5.91 Å². The van der Waals surface area contributed by atoms with Crippen molar-refractivity contribution in [3.63, 3.8) is 0 Å². The molecule has 0 heterocycles. The second kappa shape index (κ2) is 4.15. The van der Waals surface area contributed by atoms with Gasteiger partial charge in [-0.05, 0) is 25.2 Å². The van der Waals surface area contributed by atoms with Crippen molar-refractivity contribution in [2.24, 2.45) is 5.41 Å². The van der Waals surface area contributed by atoms with E-state index in [-0.39, 0.29) is 17.4 Å². The molecule has 1 N–H and O–H groups in total. The monoisotopic (exact) mass is 167 g/mol. The molecular weight excluding hydrogens is 150 g/mol. The molecule has 1 amide bonds. The topological polar surface area (TPSA) is 29.1 Å². The quantitative estimate of drug-likeness (QED) is 0.590. The van der Waals surface area contributed by atoms with Crippen LogP contribution in [0.1, 0.15) is 34.6 Å². The van der Waals surface area contributed by atoms with Crippen molar-refractivity contribution in [2.45, 2.75) is 40.7 Å². The fourth-order valence-electron chi connectivity index (χ4n) is 0.563. The molecule has 2 nitrogen and oxygen atoms in total. The Bertz CT molecular complexity index is 214. The number of rotatable bonds is 1. The third-order valence-electron chi connectivity index (χ3n) is 1.89. The smallest absolute Gasteiger partial charge is 0.296 e. The molecule has 0 aliphatic heterocycles. The Labute approximate surface area is 74.7 Å². The Hall–Kier alpha value is -0.970. The highest BCUT2D eigenvalue weighted by Crippen LogP contribution is 2.17. The van der Waals surface area contributed by atoms with Crippen molar-refractivity contribution in [3.8, 4) is 11.8 Å². The van der Waals surface area contributed by atoms with Gasteiger partial charge in [-0.15, -0.1) is 0 Å². The van der Waals surface area contributed by atoms with E-state index in [9.17, 15) is 4.79 Å². The van der Waals surface area contributed by atoms with E-state index in [0.717, 1.165) is 0 Å². The van der Waals surface area contributed by atoms with Crippen molar-refractivity contribution in [2.75, 3.05) is 0 Å². The van der Waals surface area contributed by atoms with Gasteiger partial charge < -0.3 is 5.32 Å². The minimum absolute atomic E-state index is 0.0884. The summed E-state index contributed by atoms with van der Waals surface area (Å²) in [6.45, 7) is 9.88. The van der Waals surface area contributed by atoms with Crippen LogP contribution in [0.2, 0.25) is 0 Å². The predicted octanol–water partition coefficient (Wildman–Crippen LogP) is 1.56. The number of hydrogen-bond donors (Lipinski definition) is 1. The molecule has 0 aromatic rings.